The molecule has 3 aromatic rings. The molecule has 1 aromatic carbocycles. The highest BCUT2D eigenvalue weighted by Crippen LogP contribution is 2.21. The van der Waals surface area contributed by atoms with E-state index >= 15 is 0 Å². The lowest BCUT2D eigenvalue weighted by Crippen LogP contribution is -2.02. The van der Waals surface area contributed by atoms with Crippen LogP contribution in [0.25, 0.3) is 5.65 Å². The first kappa shape index (κ1) is 14.0. The van der Waals surface area contributed by atoms with Crippen LogP contribution in [0.5, 0.6) is 0 Å². The first-order valence-electron chi connectivity index (χ1n) is 6.65. The maximum Gasteiger partial charge on any atom is 0.272 e. The van der Waals surface area contributed by atoms with E-state index in [9.17, 15) is 14.5 Å². The Bertz CT molecular complexity index is 860. The first-order chi connectivity index (χ1) is 10.5. The van der Waals surface area contributed by atoms with Crippen molar-refractivity contribution >= 4 is 17.0 Å². The Morgan fingerprint density at radius 3 is 2.91 bits per heavy atom. The van der Waals surface area contributed by atoms with Gasteiger partial charge in [-0.1, -0.05) is 0 Å². The fourth-order valence-electron chi connectivity index (χ4n) is 2.17. The Kier molecular flexibility index (Phi) is 3.46. The summed E-state index contributed by atoms with van der Waals surface area (Å²) in [6, 6.07) is 7.44. The molecular formula is C15H13FN4O2. The molecule has 0 aliphatic carbocycles. The number of halogens is 1. The van der Waals surface area contributed by atoms with Gasteiger partial charge in [0.1, 0.15) is 5.65 Å². The summed E-state index contributed by atoms with van der Waals surface area (Å²) >= 11 is 0. The lowest BCUT2D eigenvalue weighted by Gasteiger charge is -2.05. The number of nitrogens with one attached hydrogen (secondary N) is 1. The summed E-state index contributed by atoms with van der Waals surface area (Å²) in [4.78, 5) is 14.4. The van der Waals surface area contributed by atoms with Crippen LogP contribution in [0.1, 0.15) is 11.3 Å². The van der Waals surface area contributed by atoms with Gasteiger partial charge >= 0.3 is 0 Å². The first-order valence-corrected chi connectivity index (χ1v) is 6.65. The fraction of sp³-hybridized carbons (Fsp3) is 0.133. The number of nitrogens with zero attached hydrogens (tertiary/aromatic N) is 3. The van der Waals surface area contributed by atoms with Gasteiger partial charge in [-0.15, -0.1) is 0 Å². The molecule has 0 aliphatic rings. The van der Waals surface area contributed by atoms with Crippen LogP contribution in [0.3, 0.4) is 0 Å². The zero-order chi connectivity index (χ0) is 15.7. The molecule has 112 valence electrons. The lowest BCUT2D eigenvalue weighted by molar-refractivity contribution is -0.385. The normalized spacial score (nSPS) is 10.8. The van der Waals surface area contributed by atoms with E-state index in [-0.39, 0.29) is 11.4 Å². The molecule has 0 fully saturated rings. The Balaban J connectivity index is 1.77. The average molecular weight is 300 g/mol. The number of rotatable bonds is 4. The van der Waals surface area contributed by atoms with Gasteiger partial charge in [-0.3, -0.25) is 10.1 Å². The largest absolute Gasteiger partial charge is 0.377 e. The maximum absolute atomic E-state index is 13.8. The molecule has 1 N–H and O–H groups in total. The van der Waals surface area contributed by atoms with E-state index in [1.165, 1.54) is 12.1 Å². The summed E-state index contributed by atoms with van der Waals surface area (Å²) in [6.45, 7) is 2.31. The summed E-state index contributed by atoms with van der Waals surface area (Å²) in [5, 5.41) is 13.5. The number of aromatic nitrogens is 2. The average Bonchev–Trinajstić information content (AvgIpc) is 2.87. The van der Waals surface area contributed by atoms with E-state index in [1.807, 2.05) is 35.9 Å². The van der Waals surface area contributed by atoms with Gasteiger partial charge in [0.25, 0.3) is 5.69 Å². The highest BCUT2D eigenvalue weighted by atomic mass is 19.1. The zero-order valence-electron chi connectivity index (χ0n) is 11.8. The molecule has 0 amide bonds. The van der Waals surface area contributed by atoms with Crippen molar-refractivity contribution in [2.75, 3.05) is 5.32 Å². The Morgan fingerprint density at radius 1 is 1.36 bits per heavy atom. The number of nitro groups is 1. The van der Waals surface area contributed by atoms with E-state index < -0.39 is 10.7 Å². The summed E-state index contributed by atoms with van der Waals surface area (Å²) in [5.41, 5.74) is 2.62. The van der Waals surface area contributed by atoms with E-state index in [0.29, 0.717) is 6.54 Å². The molecule has 0 aliphatic heterocycles. The number of nitro benzene ring substituents is 1. The molecular weight excluding hydrogens is 287 g/mol. The van der Waals surface area contributed by atoms with Gasteiger partial charge < -0.3 is 9.72 Å². The van der Waals surface area contributed by atoms with Gasteiger partial charge in [0.2, 0.25) is 0 Å². The van der Waals surface area contributed by atoms with E-state index in [1.54, 1.807) is 0 Å². The van der Waals surface area contributed by atoms with Crippen molar-refractivity contribution in [1.29, 1.82) is 0 Å². The maximum atomic E-state index is 13.8. The smallest absolute Gasteiger partial charge is 0.272 e. The van der Waals surface area contributed by atoms with Crippen molar-refractivity contribution in [2.45, 2.75) is 13.5 Å². The second-order valence-corrected chi connectivity index (χ2v) is 4.98. The molecule has 7 heteroatoms. The second-order valence-electron chi connectivity index (χ2n) is 4.98. The number of pyridine rings is 1. The van der Waals surface area contributed by atoms with Crippen molar-refractivity contribution < 1.29 is 9.31 Å². The number of anilines is 1. The number of imidazole rings is 1. The Morgan fingerprint density at radius 2 is 2.18 bits per heavy atom. The number of fused-ring (bicyclic) bond motifs is 1. The van der Waals surface area contributed by atoms with Crippen LogP contribution in [0.2, 0.25) is 0 Å². The molecule has 0 atom stereocenters. The van der Waals surface area contributed by atoms with E-state index in [2.05, 4.69) is 10.3 Å². The van der Waals surface area contributed by atoms with Crippen LogP contribution in [0.4, 0.5) is 15.8 Å². The van der Waals surface area contributed by atoms with E-state index in [4.69, 9.17) is 0 Å². The van der Waals surface area contributed by atoms with E-state index in [0.717, 1.165) is 23.0 Å². The second kappa shape index (κ2) is 5.44. The third kappa shape index (κ3) is 2.73. The number of non-ortho nitro benzene ring substituents is 1. The molecule has 2 aromatic heterocycles. The van der Waals surface area contributed by atoms with Gasteiger partial charge in [0, 0.05) is 18.5 Å². The number of benzene rings is 1. The van der Waals surface area contributed by atoms with Crippen LogP contribution in [0, 0.1) is 22.9 Å². The number of hydrogen-bond donors (Lipinski definition) is 1. The summed E-state index contributed by atoms with van der Waals surface area (Å²) in [7, 11) is 0. The van der Waals surface area contributed by atoms with Gasteiger partial charge in [0.15, 0.2) is 5.82 Å². The van der Waals surface area contributed by atoms with Gasteiger partial charge in [-0.25, -0.2) is 9.37 Å². The molecule has 0 bridgehead atoms. The molecule has 2 heterocycles. The minimum atomic E-state index is -0.659. The van der Waals surface area contributed by atoms with Gasteiger partial charge in [0.05, 0.1) is 28.9 Å². The molecule has 0 saturated carbocycles. The number of hydrogen-bond acceptors (Lipinski definition) is 4. The van der Waals surface area contributed by atoms with Gasteiger partial charge in [-0.2, -0.15) is 0 Å². The minimum absolute atomic E-state index is 0.207. The van der Waals surface area contributed by atoms with Crippen LogP contribution in [0.15, 0.2) is 42.7 Å². The predicted octanol–water partition coefficient (Wildman–Crippen LogP) is 3.30. The third-order valence-electron chi connectivity index (χ3n) is 3.29. The minimum Gasteiger partial charge on any atom is -0.377 e. The third-order valence-corrected chi connectivity index (χ3v) is 3.29. The standard InChI is InChI=1S/C15H13FN4O2/c1-10-4-5-19-9-11(18-15(19)6-10)8-17-14-3-2-12(20(21)22)7-13(14)16/h2-7,9,17H,8H2,1H3. The molecule has 22 heavy (non-hydrogen) atoms. The molecule has 6 nitrogen and oxygen atoms in total. The van der Waals surface area contributed by atoms with Crippen LogP contribution >= 0.6 is 0 Å². The summed E-state index contributed by atoms with van der Waals surface area (Å²) in [5.74, 6) is -0.659. The number of aryl methyl sites for hydroxylation is 1. The fourth-order valence-corrected chi connectivity index (χ4v) is 2.17. The van der Waals surface area contributed by atoms with Gasteiger partial charge in [-0.05, 0) is 30.7 Å². The van der Waals surface area contributed by atoms with Crippen molar-refractivity contribution in [2.24, 2.45) is 0 Å². The summed E-state index contributed by atoms with van der Waals surface area (Å²) < 4.78 is 15.7. The molecule has 0 saturated heterocycles. The molecule has 0 unspecified atom stereocenters. The lowest BCUT2D eigenvalue weighted by atomic mass is 10.2. The van der Waals surface area contributed by atoms with Crippen molar-refractivity contribution in [3.05, 3.63) is 69.9 Å². The molecule has 0 spiro atoms. The highest BCUT2D eigenvalue weighted by molar-refractivity contribution is 5.50. The Hall–Kier alpha value is -2.96. The highest BCUT2D eigenvalue weighted by Gasteiger charge is 2.11. The molecule has 0 radical (unpaired) electrons. The van der Waals surface area contributed by atoms with Crippen LogP contribution in [-0.2, 0) is 6.54 Å². The monoisotopic (exact) mass is 300 g/mol. The van der Waals surface area contributed by atoms with Crippen LogP contribution < -0.4 is 5.32 Å². The topological polar surface area (TPSA) is 72.5 Å². The quantitative estimate of drug-likeness (QED) is 0.592. The summed E-state index contributed by atoms with van der Waals surface area (Å²) in [6.07, 6.45) is 3.76. The van der Waals surface area contributed by atoms with Crippen molar-refractivity contribution in [3.63, 3.8) is 0 Å². The Labute approximate surface area is 125 Å². The molecule has 3 rings (SSSR count). The predicted molar refractivity (Wildman–Crippen MR) is 80.3 cm³/mol. The van der Waals surface area contributed by atoms with Crippen molar-refractivity contribution in [3.8, 4) is 0 Å². The zero-order valence-corrected chi connectivity index (χ0v) is 11.8. The SMILES string of the molecule is Cc1ccn2cc(CNc3ccc([N+](=O)[O-])cc3F)nc2c1. The van der Waals surface area contributed by atoms with Crippen molar-refractivity contribution in [1.82, 2.24) is 9.38 Å². The van der Waals surface area contributed by atoms with Crippen LogP contribution in [-0.4, -0.2) is 14.3 Å².